The van der Waals surface area contributed by atoms with Crippen LogP contribution in [0.15, 0.2) is 30.3 Å². The van der Waals surface area contributed by atoms with E-state index in [1.165, 1.54) is 0 Å². The molecule has 3 heteroatoms. The van der Waals surface area contributed by atoms with Crippen LogP contribution in [0.25, 0.3) is 5.53 Å². The van der Waals surface area contributed by atoms with Crippen LogP contribution in [0.5, 0.6) is 0 Å². The van der Waals surface area contributed by atoms with Crippen molar-refractivity contribution < 1.29 is 9.53 Å². The van der Waals surface area contributed by atoms with Gasteiger partial charge < -0.3 is 10.3 Å². The SMILES string of the molecule is [CH2]OC(=[N+]=[N-])c1ccccc1. The molecule has 0 heterocycles. The fourth-order valence-corrected chi connectivity index (χ4v) is 0.751. The van der Waals surface area contributed by atoms with Crippen LogP contribution >= 0.6 is 0 Å². The first-order chi connectivity index (χ1) is 5.38. The lowest BCUT2D eigenvalue weighted by Crippen LogP contribution is -2.02. The zero-order valence-corrected chi connectivity index (χ0v) is 5.90. The predicted molar refractivity (Wildman–Crippen MR) is 40.6 cm³/mol. The van der Waals surface area contributed by atoms with Gasteiger partial charge in [-0.1, -0.05) is 18.2 Å². The second-order valence-corrected chi connectivity index (χ2v) is 1.92. The van der Waals surface area contributed by atoms with Crippen LogP contribution in [0.2, 0.25) is 0 Å². The second kappa shape index (κ2) is 3.54. The molecule has 0 bridgehead atoms. The standard InChI is InChI=1S/C8H7N2O/c1-11-8(10-9)7-5-3-2-4-6-7/h2-6H,1H2. The van der Waals surface area contributed by atoms with E-state index in [2.05, 4.69) is 16.6 Å². The number of benzene rings is 1. The van der Waals surface area contributed by atoms with E-state index in [-0.39, 0.29) is 5.90 Å². The monoisotopic (exact) mass is 147 g/mol. The van der Waals surface area contributed by atoms with Gasteiger partial charge in [0, 0.05) is 0 Å². The van der Waals surface area contributed by atoms with Crippen LogP contribution in [0.4, 0.5) is 0 Å². The van der Waals surface area contributed by atoms with Crippen LogP contribution in [-0.4, -0.2) is 10.7 Å². The topological polar surface area (TPSA) is 45.6 Å². The molecular formula is C8H7N2O. The third-order valence-corrected chi connectivity index (χ3v) is 1.25. The molecule has 0 saturated carbocycles. The van der Waals surface area contributed by atoms with E-state index in [0.717, 1.165) is 0 Å². The maximum absolute atomic E-state index is 8.40. The molecule has 0 unspecified atom stereocenters. The summed E-state index contributed by atoms with van der Waals surface area (Å²) in [5.41, 5.74) is 9.10. The predicted octanol–water partition coefficient (Wildman–Crippen LogP) is 1.47. The number of hydrogen-bond acceptors (Lipinski definition) is 1. The van der Waals surface area contributed by atoms with Gasteiger partial charge in [0.25, 0.3) is 0 Å². The van der Waals surface area contributed by atoms with Crippen LogP contribution < -0.4 is 0 Å². The average Bonchev–Trinajstić information content (AvgIpc) is 2.09. The van der Waals surface area contributed by atoms with Gasteiger partial charge in [-0.15, -0.1) is 4.79 Å². The van der Waals surface area contributed by atoms with Crippen molar-refractivity contribution in [2.45, 2.75) is 0 Å². The van der Waals surface area contributed by atoms with Crippen molar-refractivity contribution in [3.8, 4) is 0 Å². The van der Waals surface area contributed by atoms with Crippen molar-refractivity contribution in [2.24, 2.45) is 0 Å². The molecular weight excluding hydrogens is 140 g/mol. The molecule has 0 N–H and O–H groups in total. The summed E-state index contributed by atoms with van der Waals surface area (Å²) in [5.74, 6) is 0.116. The molecule has 1 aromatic carbocycles. The molecule has 1 rings (SSSR count). The molecule has 0 saturated heterocycles. The van der Waals surface area contributed by atoms with E-state index in [0.29, 0.717) is 5.56 Å². The summed E-state index contributed by atoms with van der Waals surface area (Å²) in [6.45, 7) is 0. The lowest BCUT2D eigenvalue weighted by atomic mass is 10.2. The Morgan fingerprint density at radius 1 is 1.36 bits per heavy atom. The van der Waals surface area contributed by atoms with E-state index in [9.17, 15) is 0 Å². The molecule has 3 nitrogen and oxygen atoms in total. The van der Waals surface area contributed by atoms with Crippen LogP contribution in [0.3, 0.4) is 0 Å². The van der Waals surface area contributed by atoms with Crippen LogP contribution in [0, 0.1) is 7.11 Å². The zero-order valence-electron chi connectivity index (χ0n) is 5.90. The van der Waals surface area contributed by atoms with Crippen molar-refractivity contribution in [1.29, 1.82) is 0 Å². The van der Waals surface area contributed by atoms with Crippen LogP contribution in [0.1, 0.15) is 5.56 Å². The summed E-state index contributed by atoms with van der Waals surface area (Å²) in [4.78, 5) is 2.91. The summed E-state index contributed by atoms with van der Waals surface area (Å²) >= 11 is 0. The first-order valence-electron chi connectivity index (χ1n) is 3.08. The van der Waals surface area contributed by atoms with Crippen molar-refractivity contribution in [2.75, 3.05) is 0 Å². The summed E-state index contributed by atoms with van der Waals surface area (Å²) in [7, 11) is 3.14. The summed E-state index contributed by atoms with van der Waals surface area (Å²) < 4.78 is 4.54. The summed E-state index contributed by atoms with van der Waals surface area (Å²) in [6.07, 6.45) is 0. The molecule has 1 radical (unpaired) electrons. The Morgan fingerprint density at radius 2 is 2.00 bits per heavy atom. The van der Waals surface area contributed by atoms with Crippen LogP contribution in [-0.2, 0) is 4.74 Å². The normalized spacial score (nSPS) is 8.45. The van der Waals surface area contributed by atoms with Gasteiger partial charge in [0.05, 0.1) is 0 Å². The lowest BCUT2D eigenvalue weighted by molar-refractivity contribution is -0.0303. The highest BCUT2D eigenvalue weighted by molar-refractivity contribution is 5.89. The Kier molecular flexibility index (Phi) is 2.42. The van der Waals surface area contributed by atoms with E-state index in [1.54, 1.807) is 12.1 Å². The molecule has 11 heavy (non-hydrogen) atoms. The first kappa shape index (κ1) is 7.51. The molecule has 0 amide bonds. The molecule has 0 fully saturated rings. The Labute approximate surface area is 64.9 Å². The first-order valence-corrected chi connectivity index (χ1v) is 3.08. The molecule has 0 aromatic heterocycles. The minimum atomic E-state index is 0.116. The fourth-order valence-electron chi connectivity index (χ4n) is 0.751. The van der Waals surface area contributed by atoms with Crippen molar-refractivity contribution in [3.63, 3.8) is 0 Å². The van der Waals surface area contributed by atoms with Crippen molar-refractivity contribution in [3.05, 3.63) is 48.5 Å². The molecule has 0 aliphatic rings. The summed E-state index contributed by atoms with van der Waals surface area (Å²) in [6, 6.07) is 9.03. The van der Waals surface area contributed by atoms with Gasteiger partial charge in [-0.05, 0) is 12.1 Å². The number of nitrogens with zero attached hydrogens (tertiary/aromatic N) is 2. The number of ether oxygens (including phenoxy) is 1. The molecule has 55 valence electrons. The fraction of sp³-hybridized carbons (Fsp3) is 0. The molecule has 0 aliphatic carbocycles. The quantitative estimate of drug-likeness (QED) is 0.257. The lowest BCUT2D eigenvalue weighted by Gasteiger charge is -1.91. The highest BCUT2D eigenvalue weighted by atomic mass is 16.5. The van der Waals surface area contributed by atoms with Gasteiger partial charge in [-0.25, -0.2) is 0 Å². The van der Waals surface area contributed by atoms with Crippen molar-refractivity contribution in [1.82, 2.24) is 0 Å². The van der Waals surface area contributed by atoms with E-state index < -0.39 is 0 Å². The highest BCUT2D eigenvalue weighted by Gasteiger charge is 2.08. The molecule has 1 aromatic rings. The van der Waals surface area contributed by atoms with Gasteiger partial charge in [-0.2, -0.15) is 0 Å². The third kappa shape index (κ3) is 1.66. The smallest absolute Gasteiger partial charge is 0.428 e. The Morgan fingerprint density at radius 3 is 2.45 bits per heavy atom. The minimum absolute atomic E-state index is 0.116. The Bertz CT molecular complexity index is 275. The maximum Gasteiger partial charge on any atom is 0.482 e. The molecule has 0 aliphatic heterocycles. The van der Waals surface area contributed by atoms with Crippen molar-refractivity contribution >= 4 is 5.90 Å². The second-order valence-electron chi connectivity index (χ2n) is 1.92. The van der Waals surface area contributed by atoms with E-state index in [1.807, 2.05) is 18.2 Å². The molecule has 0 spiro atoms. The van der Waals surface area contributed by atoms with Gasteiger partial charge in [0.1, 0.15) is 12.7 Å². The van der Waals surface area contributed by atoms with Gasteiger partial charge >= 0.3 is 5.90 Å². The summed E-state index contributed by atoms with van der Waals surface area (Å²) in [5, 5.41) is 0. The Balaban J connectivity index is 3.02. The van der Waals surface area contributed by atoms with E-state index >= 15 is 0 Å². The average molecular weight is 147 g/mol. The maximum atomic E-state index is 8.40. The third-order valence-electron chi connectivity index (χ3n) is 1.25. The largest absolute Gasteiger partial charge is 0.482 e. The van der Waals surface area contributed by atoms with E-state index in [4.69, 9.17) is 5.53 Å². The van der Waals surface area contributed by atoms with Gasteiger partial charge in [0.15, 0.2) is 0 Å². The van der Waals surface area contributed by atoms with Gasteiger partial charge in [-0.3, -0.25) is 0 Å². The highest BCUT2D eigenvalue weighted by Crippen LogP contribution is 1.98. The number of hydrogen-bond donors (Lipinski definition) is 0. The molecule has 0 atom stereocenters. The zero-order chi connectivity index (χ0) is 8.10. The number of rotatable bonds is 1. The van der Waals surface area contributed by atoms with Gasteiger partial charge in [0.2, 0.25) is 0 Å². The Hall–Kier alpha value is -1.60. The minimum Gasteiger partial charge on any atom is -0.428 e.